The molecule has 2 aromatic carbocycles. The molecule has 0 saturated heterocycles. The Kier molecular flexibility index (Phi) is 6.05. The van der Waals surface area contributed by atoms with Gasteiger partial charge in [-0.3, -0.25) is 4.79 Å². The van der Waals surface area contributed by atoms with Crippen molar-refractivity contribution in [2.45, 2.75) is 26.5 Å². The molecule has 0 bridgehead atoms. The van der Waals surface area contributed by atoms with Crippen molar-refractivity contribution in [3.8, 4) is 5.75 Å². The zero-order chi connectivity index (χ0) is 19.1. The number of carbonyl (C=O) groups is 1. The molecular weight excluding hydrogens is 338 g/mol. The fourth-order valence-electron chi connectivity index (χ4n) is 2.53. The van der Waals surface area contributed by atoms with Crippen molar-refractivity contribution in [2.24, 2.45) is 0 Å². The van der Waals surface area contributed by atoms with Gasteiger partial charge in [-0.25, -0.2) is 4.98 Å². The van der Waals surface area contributed by atoms with E-state index in [2.05, 4.69) is 15.6 Å². The number of nitrogens with one attached hydrogen (secondary N) is 2. The zero-order valence-electron chi connectivity index (χ0n) is 15.5. The molecule has 0 fully saturated rings. The van der Waals surface area contributed by atoms with E-state index < -0.39 is 0 Å². The number of amides is 1. The summed E-state index contributed by atoms with van der Waals surface area (Å²) in [6.45, 7) is 4.47. The summed E-state index contributed by atoms with van der Waals surface area (Å²) in [4.78, 5) is 16.4. The molecule has 27 heavy (non-hydrogen) atoms. The monoisotopic (exact) mass is 361 g/mol. The maximum absolute atomic E-state index is 12.2. The highest BCUT2D eigenvalue weighted by atomic mass is 16.5. The van der Waals surface area contributed by atoms with Gasteiger partial charge in [-0.05, 0) is 55.8 Å². The van der Waals surface area contributed by atoms with Gasteiger partial charge in [0.15, 0.2) is 0 Å². The lowest BCUT2D eigenvalue weighted by Crippen LogP contribution is -2.23. The number of aromatic nitrogens is 1. The lowest BCUT2D eigenvalue weighted by molar-refractivity contribution is 0.0946. The zero-order valence-corrected chi connectivity index (χ0v) is 15.5. The Balaban J connectivity index is 1.55. The highest BCUT2D eigenvalue weighted by molar-refractivity contribution is 5.92. The molecule has 0 aliphatic rings. The maximum atomic E-state index is 12.2. The third-order valence-corrected chi connectivity index (χ3v) is 3.81. The van der Waals surface area contributed by atoms with E-state index in [1.54, 1.807) is 12.3 Å². The van der Waals surface area contributed by atoms with Crippen LogP contribution in [0.2, 0.25) is 0 Å². The summed E-state index contributed by atoms with van der Waals surface area (Å²) in [5.41, 5.74) is 3.17. The summed E-state index contributed by atoms with van der Waals surface area (Å²) in [6.07, 6.45) is 1.80. The molecule has 0 radical (unpaired) electrons. The molecule has 0 unspecified atom stereocenters. The Morgan fingerprint density at radius 1 is 0.963 bits per heavy atom. The van der Waals surface area contributed by atoms with Crippen molar-refractivity contribution in [1.29, 1.82) is 0 Å². The quantitative estimate of drug-likeness (QED) is 0.648. The summed E-state index contributed by atoms with van der Waals surface area (Å²) in [7, 11) is 0. The van der Waals surface area contributed by atoms with Gasteiger partial charge < -0.3 is 15.4 Å². The largest absolute Gasteiger partial charge is 0.491 e. The third-order valence-electron chi connectivity index (χ3n) is 3.81. The second-order valence-electron chi connectivity index (χ2n) is 6.42. The normalized spacial score (nSPS) is 10.5. The van der Waals surface area contributed by atoms with Crippen LogP contribution >= 0.6 is 0 Å². The van der Waals surface area contributed by atoms with E-state index in [9.17, 15) is 4.79 Å². The Bertz CT molecular complexity index is 860. The van der Waals surface area contributed by atoms with Crippen molar-refractivity contribution in [3.63, 3.8) is 0 Å². The molecule has 0 aliphatic carbocycles. The number of anilines is 2. The molecule has 2 N–H and O–H groups in total. The van der Waals surface area contributed by atoms with Crippen molar-refractivity contribution in [1.82, 2.24) is 10.3 Å². The molecule has 5 nitrogen and oxygen atoms in total. The summed E-state index contributed by atoms with van der Waals surface area (Å²) in [6, 6.07) is 21.0. The van der Waals surface area contributed by atoms with Gasteiger partial charge in [-0.1, -0.05) is 30.3 Å². The smallest absolute Gasteiger partial charge is 0.270 e. The Hall–Kier alpha value is -3.34. The maximum Gasteiger partial charge on any atom is 0.270 e. The van der Waals surface area contributed by atoms with Crippen LogP contribution in [-0.2, 0) is 6.54 Å². The molecule has 3 rings (SSSR count). The predicted octanol–water partition coefficient (Wildman–Crippen LogP) is 4.54. The van der Waals surface area contributed by atoms with Crippen LogP contribution in [0.4, 0.5) is 11.4 Å². The van der Waals surface area contributed by atoms with Crippen molar-refractivity contribution >= 4 is 17.3 Å². The second-order valence-corrected chi connectivity index (χ2v) is 6.42. The summed E-state index contributed by atoms with van der Waals surface area (Å²) in [5, 5.41) is 6.13. The van der Waals surface area contributed by atoms with E-state index in [1.807, 2.05) is 74.5 Å². The number of benzene rings is 2. The summed E-state index contributed by atoms with van der Waals surface area (Å²) >= 11 is 0. The van der Waals surface area contributed by atoms with Crippen molar-refractivity contribution < 1.29 is 9.53 Å². The molecule has 0 aliphatic heterocycles. The highest BCUT2D eigenvalue weighted by Crippen LogP contribution is 2.20. The average Bonchev–Trinajstić information content (AvgIpc) is 2.69. The van der Waals surface area contributed by atoms with E-state index in [-0.39, 0.29) is 12.0 Å². The summed E-state index contributed by atoms with van der Waals surface area (Å²) in [5.74, 6) is 0.639. The number of hydrogen-bond acceptors (Lipinski definition) is 4. The van der Waals surface area contributed by atoms with Gasteiger partial charge in [0, 0.05) is 12.2 Å². The molecule has 0 spiro atoms. The lowest BCUT2D eigenvalue weighted by Gasteiger charge is -2.11. The third kappa shape index (κ3) is 5.57. The number of hydrogen-bond donors (Lipinski definition) is 2. The molecule has 1 aromatic heterocycles. The molecule has 1 amide bonds. The van der Waals surface area contributed by atoms with E-state index in [1.165, 1.54) is 0 Å². The first-order chi connectivity index (χ1) is 13.1. The Labute approximate surface area is 159 Å². The van der Waals surface area contributed by atoms with Crippen LogP contribution in [0.25, 0.3) is 0 Å². The van der Waals surface area contributed by atoms with Gasteiger partial charge in [0.2, 0.25) is 0 Å². The van der Waals surface area contributed by atoms with Gasteiger partial charge in [-0.2, -0.15) is 0 Å². The fourth-order valence-corrected chi connectivity index (χ4v) is 2.53. The van der Waals surface area contributed by atoms with E-state index in [0.717, 1.165) is 22.7 Å². The van der Waals surface area contributed by atoms with Crippen LogP contribution < -0.4 is 15.4 Å². The van der Waals surface area contributed by atoms with Gasteiger partial charge in [0.25, 0.3) is 5.91 Å². The van der Waals surface area contributed by atoms with Crippen LogP contribution in [0.3, 0.4) is 0 Å². The van der Waals surface area contributed by atoms with Crippen LogP contribution in [0, 0.1) is 0 Å². The molecule has 0 atom stereocenters. The molecule has 138 valence electrons. The second kappa shape index (κ2) is 8.85. The summed E-state index contributed by atoms with van der Waals surface area (Å²) < 4.78 is 5.63. The first kappa shape index (κ1) is 18.5. The number of rotatable bonds is 7. The van der Waals surface area contributed by atoms with Gasteiger partial charge in [0.1, 0.15) is 11.4 Å². The molecule has 3 aromatic rings. The van der Waals surface area contributed by atoms with Crippen LogP contribution in [0.5, 0.6) is 5.75 Å². The predicted molar refractivity (Wildman–Crippen MR) is 107 cm³/mol. The van der Waals surface area contributed by atoms with Crippen LogP contribution in [0.1, 0.15) is 29.9 Å². The molecule has 1 heterocycles. The molecular formula is C22H23N3O2. The standard InChI is InChI=1S/C22H23N3O2/c1-16(2)27-20-11-8-18(9-12-20)25-19-10-13-21(23-15-19)22(26)24-14-17-6-4-3-5-7-17/h3-13,15-16,25H,14H2,1-2H3,(H,24,26). The number of ether oxygens (including phenoxy) is 1. The molecule has 0 saturated carbocycles. The van der Waals surface area contributed by atoms with Crippen LogP contribution in [0.15, 0.2) is 72.9 Å². The number of pyridine rings is 1. The first-order valence-corrected chi connectivity index (χ1v) is 8.92. The topological polar surface area (TPSA) is 63.2 Å². The minimum Gasteiger partial charge on any atom is -0.491 e. The minimum absolute atomic E-state index is 0.147. The van der Waals surface area contributed by atoms with Crippen molar-refractivity contribution in [2.75, 3.05) is 5.32 Å². The number of carbonyl (C=O) groups excluding carboxylic acids is 1. The van der Waals surface area contributed by atoms with Crippen molar-refractivity contribution in [3.05, 3.63) is 84.2 Å². The SMILES string of the molecule is CC(C)Oc1ccc(Nc2ccc(C(=O)NCc3ccccc3)nc2)cc1. The highest BCUT2D eigenvalue weighted by Gasteiger charge is 2.07. The Morgan fingerprint density at radius 3 is 2.30 bits per heavy atom. The van der Waals surface area contributed by atoms with E-state index >= 15 is 0 Å². The lowest BCUT2D eigenvalue weighted by atomic mass is 10.2. The Morgan fingerprint density at radius 2 is 1.67 bits per heavy atom. The number of nitrogens with zero attached hydrogens (tertiary/aromatic N) is 1. The average molecular weight is 361 g/mol. The fraction of sp³-hybridized carbons (Fsp3) is 0.182. The van der Waals surface area contributed by atoms with Gasteiger partial charge >= 0.3 is 0 Å². The minimum atomic E-state index is -0.194. The van der Waals surface area contributed by atoms with E-state index in [4.69, 9.17) is 4.74 Å². The molecule has 5 heteroatoms. The van der Waals surface area contributed by atoms with Gasteiger partial charge in [0.05, 0.1) is 18.0 Å². The van der Waals surface area contributed by atoms with Gasteiger partial charge in [-0.15, -0.1) is 0 Å². The van der Waals surface area contributed by atoms with E-state index in [0.29, 0.717) is 12.2 Å². The first-order valence-electron chi connectivity index (χ1n) is 8.92. The van der Waals surface area contributed by atoms with Crippen LogP contribution in [-0.4, -0.2) is 17.0 Å².